The Morgan fingerprint density at radius 3 is 2.26 bits per heavy atom. The summed E-state index contributed by atoms with van der Waals surface area (Å²) in [6.07, 6.45) is -0.675. The first kappa shape index (κ1) is 24.2. The van der Waals surface area contributed by atoms with Crippen LogP contribution in [-0.4, -0.2) is 76.0 Å². The smallest absolute Gasteiger partial charge is 0.373 e. The van der Waals surface area contributed by atoms with Crippen molar-refractivity contribution in [3.8, 4) is 0 Å². The summed E-state index contributed by atoms with van der Waals surface area (Å²) in [5, 5.41) is 31.9. The quantitative estimate of drug-likeness (QED) is 0.120. The van der Waals surface area contributed by atoms with E-state index in [1.54, 1.807) is 0 Å². The number of aliphatic hydroxyl groups excluding tert-OH is 1. The lowest BCUT2D eigenvalue weighted by molar-refractivity contribution is -0.141. The molecule has 13 heteroatoms. The maximum Gasteiger partial charge on any atom is 0.373 e. The topological polar surface area (TPSA) is 205 Å². The number of amides is 2. The molecule has 27 heavy (non-hydrogen) atoms. The molecule has 2 amide bonds. The van der Waals surface area contributed by atoms with Gasteiger partial charge in [-0.15, -0.1) is 11.8 Å². The second-order valence-electron chi connectivity index (χ2n) is 4.93. The summed E-state index contributed by atoms with van der Waals surface area (Å²) in [6, 6.07) is -2.72. The minimum absolute atomic E-state index is 0.0408. The van der Waals surface area contributed by atoms with Crippen LogP contribution < -0.4 is 16.4 Å². The van der Waals surface area contributed by atoms with Crippen molar-refractivity contribution in [3.63, 3.8) is 0 Å². The van der Waals surface area contributed by atoms with Gasteiger partial charge in [0, 0.05) is 11.2 Å². The number of carbonyl (C=O) groups is 5. The van der Waals surface area contributed by atoms with Gasteiger partial charge in [-0.3, -0.25) is 19.2 Å². The number of hydrogen-bond donors (Lipinski definition) is 6. The number of carboxylic acid groups (broad SMARTS) is 2. The number of carboxylic acids is 2. The van der Waals surface area contributed by atoms with Gasteiger partial charge in [0.2, 0.25) is 17.6 Å². The van der Waals surface area contributed by atoms with Crippen LogP contribution in [0.4, 0.5) is 0 Å². The average molecular weight is 407 g/mol. The number of ether oxygens (including phenoxy) is 1. The normalized spacial score (nSPS) is 13.2. The Labute approximate surface area is 158 Å². The molecule has 0 aromatic rings. The predicted octanol–water partition coefficient (Wildman–Crippen LogP) is -1.83. The highest BCUT2D eigenvalue weighted by Gasteiger charge is 2.25. The molecule has 0 saturated carbocycles. The van der Waals surface area contributed by atoms with Gasteiger partial charge < -0.3 is 36.4 Å². The highest BCUT2D eigenvalue weighted by Crippen LogP contribution is 2.09. The third kappa shape index (κ3) is 10.7. The maximum atomic E-state index is 12.0. The molecule has 0 heterocycles. The molecule has 2 atom stereocenters. The largest absolute Gasteiger partial charge is 0.501 e. The Kier molecular flexibility index (Phi) is 11.2. The summed E-state index contributed by atoms with van der Waals surface area (Å²) < 4.78 is 4.55. The van der Waals surface area contributed by atoms with E-state index in [0.717, 1.165) is 17.2 Å². The number of esters is 1. The van der Waals surface area contributed by atoms with Crippen LogP contribution in [-0.2, 0) is 28.7 Å². The zero-order chi connectivity index (χ0) is 21.0. The van der Waals surface area contributed by atoms with E-state index in [1.807, 2.05) is 5.32 Å². The summed E-state index contributed by atoms with van der Waals surface area (Å²) in [4.78, 5) is 56.3. The molecule has 7 N–H and O–H groups in total. The molecule has 0 bridgehead atoms. The number of thioether (sulfide) groups is 1. The van der Waals surface area contributed by atoms with Crippen molar-refractivity contribution in [2.24, 2.45) is 5.73 Å². The molecule has 0 aromatic heterocycles. The van der Waals surface area contributed by atoms with Crippen molar-refractivity contribution in [2.45, 2.75) is 25.4 Å². The predicted molar refractivity (Wildman–Crippen MR) is 92.6 cm³/mol. The number of hydrogen-bond acceptors (Lipinski definition) is 9. The Morgan fingerprint density at radius 2 is 1.74 bits per heavy atom. The van der Waals surface area contributed by atoms with Crippen LogP contribution in [0.1, 0.15) is 13.3 Å². The lowest BCUT2D eigenvalue weighted by Crippen LogP contribution is -2.53. The minimum atomic E-state index is -1.43. The zero-order valence-electron chi connectivity index (χ0n) is 14.3. The van der Waals surface area contributed by atoms with E-state index in [1.165, 1.54) is 6.92 Å². The molecule has 2 unspecified atom stereocenters. The average Bonchev–Trinajstić information content (AvgIpc) is 2.57. The van der Waals surface area contributed by atoms with Gasteiger partial charge in [0.15, 0.2) is 0 Å². The van der Waals surface area contributed by atoms with Crippen LogP contribution in [0.3, 0.4) is 0 Å². The van der Waals surface area contributed by atoms with Crippen molar-refractivity contribution in [1.29, 1.82) is 0 Å². The first-order valence-corrected chi connectivity index (χ1v) is 8.58. The van der Waals surface area contributed by atoms with E-state index in [4.69, 9.17) is 15.9 Å². The van der Waals surface area contributed by atoms with Crippen molar-refractivity contribution in [1.82, 2.24) is 10.6 Å². The summed E-state index contributed by atoms with van der Waals surface area (Å²) >= 11 is 0.761. The van der Waals surface area contributed by atoms with Crippen LogP contribution in [0.25, 0.3) is 0 Å². The molecular weight excluding hydrogens is 386 g/mol. The van der Waals surface area contributed by atoms with E-state index in [0.29, 0.717) is 0 Å². The third-order valence-corrected chi connectivity index (χ3v) is 3.64. The second kappa shape index (κ2) is 12.5. The molecule has 0 aliphatic carbocycles. The molecular formula is C14H21N3O9S. The molecule has 0 fully saturated rings. The van der Waals surface area contributed by atoms with E-state index >= 15 is 0 Å². The van der Waals surface area contributed by atoms with Gasteiger partial charge in [-0.2, -0.15) is 0 Å². The fourth-order valence-electron chi connectivity index (χ4n) is 1.50. The van der Waals surface area contributed by atoms with Crippen LogP contribution in [0.15, 0.2) is 11.2 Å². The number of carbonyl (C=O) groups excluding carboxylic acids is 3. The summed E-state index contributed by atoms with van der Waals surface area (Å²) in [5.74, 6) is -6.35. The Bertz CT molecular complexity index is 609. The fourth-order valence-corrected chi connectivity index (χ4v) is 2.28. The van der Waals surface area contributed by atoms with E-state index in [2.05, 4.69) is 10.1 Å². The molecule has 0 aromatic carbocycles. The highest BCUT2D eigenvalue weighted by molar-refractivity contribution is 8.02. The number of aliphatic hydroxyl groups is 1. The molecule has 12 nitrogen and oxygen atoms in total. The second-order valence-corrected chi connectivity index (χ2v) is 5.84. The van der Waals surface area contributed by atoms with Crippen LogP contribution in [0.5, 0.6) is 0 Å². The van der Waals surface area contributed by atoms with Gasteiger partial charge in [0.05, 0.1) is 19.1 Å². The number of nitrogens with one attached hydrogen (secondary N) is 2. The molecule has 0 aliphatic heterocycles. The van der Waals surface area contributed by atoms with Crippen molar-refractivity contribution in [3.05, 3.63) is 11.2 Å². The lowest BCUT2D eigenvalue weighted by atomic mass is 10.2. The van der Waals surface area contributed by atoms with Gasteiger partial charge >= 0.3 is 17.9 Å². The first-order valence-electron chi connectivity index (χ1n) is 7.53. The van der Waals surface area contributed by atoms with Crippen molar-refractivity contribution < 1.29 is 44.0 Å². The lowest BCUT2D eigenvalue weighted by Gasteiger charge is -2.19. The van der Waals surface area contributed by atoms with Gasteiger partial charge in [-0.05, 0) is 6.92 Å². The van der Waals surface area contributed by atoms with Crippen molar-refractivity contribution in [2.75, 3.05) is 18.9 Å². The molecule has 0 spiro atoms. The van der Waals surface area contributed by atoms with Gasteiger partial charge in [-0.25, -0.2) is 4.79 Å². The molecule has 0 radical (unpaired) electrons. The number of rotatable bonds is 12. The highest BCUT2D eigenvalue weighted by atomic mass is 32.2. The van der Waals surface area contributed by atoms with Gasteiger partial charge in [0.1, 0.15) is 12.6 Å². The number of nitrogens with two attached hydrogens (primary N) is 1. The summed E-state index contributed by atoms with van der Waals surface area (Å²) in [5.41, 5.74) is 5.40. The molecule has 152 valence electrons. The maximum absolute atomic E-state index is 12.0. The van der Waals surface area contributed by atoms with Gasteiger partial charge in [0.25, 0.3) is 0 Å². The number of aliphatic carboxylic acids is 2. The van der Waals surface area contributed by atoms with Crippen LogP contribution >= 0.6 is 11.8 Å². The van der Waals surface area contributed by atoms with E-state index in [-0.39, 0.29) is 12.4 Å². The first-order chi connectivity index (χ1) is 12.6. The SMILES string of the molecule is CCOC(=O)C(O)=CSCC(NC(=O)C(N)CC(=O)O)C(=O)NCC(=O)O. The molecule has 0 saturated heterocycles. The van der Waals surface area contributed by atoms with Crippen molar-refractivity contribution >= 4 is 41.5 Å². The van der Waals surface area contributed by atoms with E-state index in [9.17, 15) is 29.1 Å². The van der Waals surface area contributed by atoms with E-state index < -0.39 is 60.5 Å². The monoisotopic (exact) mass is 407 g/mol. The summed E-state index contributed by atoms with van der Waals surface area (Å²) in [6.45, 7) is 0.872. The fraction of sp³-hybridized carbons (Fsp3) is 0.500. The molecule has 0 rings (SSSR count). The Balaban J connectivity index is 4.97. The Hall–Kier alpha value is -2.80. The zero-order valence-corrected chi connectivity index (χ0v) is 15.2. The Morgan fingerprint density at radius 1 is 1.11 bits per heavy atom. The third-order valence-electron chi connectivity index (χ3n) is 2.72. The molecule has 0 aliphatic rings. The van der Waals surface area contributed by atoms with Crippen LogP contribution in [0.2, 0.25) is 0 Å². The summed E-state index contributed by atoms with van der Waals surface area (Å²) in [7, 11) is 0. The van der Waals surface area contributed by atoms with Gasteiger partial charge in [-0.1, -0.05) is 0 Å². The minimum Gasteiger partial charge on any atom is -0.501 e. The van der Waals surface area contributed by atoms with Crippen LogP contribution in [0, 0.1) is 0 Å². The standard InChI is InChI=1S/C14H21N3O9S/c1-2-26-14(25)9(18)6-27-5-8(13(24)16-4-11(21)22)17-12(23)7(15)3-10(19)20/h6-8,18H,2-5,15H2,1H3,(H,16,24)(H,17,23)(H,19,20)(H,21,22).